The van der Waals surface area contributed by atoms with Crippen molar-refractivity contribution in [2.75, 3.05) is 33.2 Å². The number of carbonyl (C=O) groups excluding carboxylic acids is 1. The number of rotatable bonds is 11. The molecule has 3 N–H and O–H groups in total. The molecule has 1 amide bonds. The van der Waals surface area contributed by atoms with Gasteiger partial charge in [-0.25, -0.2) is 4.79 Å². The van der Waals surface area contributed by atoms with Crippen LogP contribution in [0.1, 0.15) is 52.9 Å². The molecule has 0 aliphatic rings. The summed E-state index contributed by atoms with van der Waals surface area (Å²) < 4.78 is 5.17. The first-order chi connectivity index (χ1) is 9.45. The zero-order valence-electron chi connectivity index (χ0n) is 13.7. The third-order valence-electron chi connectivity index (χ3n) is 2.75. The fourth-order valence-corrected chi connectivity index (χ4v) is 1.75. The van der Waals surface area contributed by atoms with Gasteiger partial charge in [-0.2, -0.15) is 0 Å². The molecule has 0 radical (unpaired) electrons. The Balaban J connectivity index is 3.19. The molecule has 5 nitrogen and oxygen atoms in total. The molecule has 5 heteroatoms. The molecule has 0 atom stereocenters. The first-order valence-electron chi connectivity index (χ1n) is 7.78. The van der Waals surface area contributed by atoms with E-state index in [9.17, 15) is 4.79 Å². The van der Waals surface area contributed by atoms with Crippen LogP contribution in [0.3, 0.4) is 0 Å². The van der Waals surface area contributed by atoms with Crippen molar-refractivity contribution >= 4 is 6.09 Å². The van der Waals surface area contributed by atoms with Crippen LogP contribution < -0.4 is 16.0 Å². The Hall–Kier alpha value is -0.810. The van der Waals surface area contributed by atoms with Gasteiger partial charge < -0.3 is 20.7 Å². The van der Waals surface area contributed by atoms with Gasteiger partial charge in [0.05, 0.1) is 0 Å². The Morgan fingerprint density at radius 1 is 0.900 bits per heavy atom. The normalized spacial score (nSPS) is 11.4. The van der Waals surface area contributed by atoms with Crippen LogP contribution >= 0.6 is 0 Å². The van der Waals surface area contributed by atoms with Crippen LogP contribution in [-0.4, -0.2) is 44.9 Å². The molecule has 0 heterocycles. The van der Waals surface area contributed by atoms with Crippen molar-refractivity contribution in [3.63, 3.8) is 0 Å². The lowest BCUT2D eigenvalue weighted by Crippen LogP contribution is -2.32. The molecule has 0 rings (SSSR count). The molecule has 0 unspecified atom stereocenters. The van der Waals surface area contributed by atoms with Crippen molar-refractivity contribution < 1.29 is 9.53 Å². The molecule has 120 valence electrons. The molecule has 0 aromatic rings. The number of hydrogen-bond acceptors (Lipinski definition) is 4. The Labute approximate surface area is 124 Å². The van der Waals surface area contributed by atoms with Crippen molar-refractivity contribution in [1.82, 2.24) is 16.0 Å². The van der Waals surface area contributed by atoms with E-state index in [0.29, 0.717) is 6.54 Å². The van der Waals surface area contributed by atoms with Gasteiger partial charge in [-0.3, -0.25) is 0 Å². The van der Waals surface area contributed by atoms with Crippen molar-refractivity contribution in [1.29, 1.82) is 0 Å². The smallest absolute Gasteiger partial charge is 0.407 e. The van der Waals surface area contributed by atoms with E-state index in [1.54, 1.807) is 0 Å². The lowest BCUT2D eigenvalue weighted by atomic mass is 10.1. The van der Waals surface area contributed by atoms with Gasteiger partial charge in [0, 0.05) is 19.6 Å². The summed E-state index contributed by atoms with van der Waals surface area (Å²) in [4.78, 5) is 11.4. The van der Waals surface area contributed by atoms with Gasteiger partial charge in [-0.1, -0.05) is 19.3 Å². The maximum absolute atomic E-state index is 11.4. The van der Waals surface area contributed by atoms with Gasteiger partial charge in [0.15, 0.2) is 0 Å². The third-order valence-corrected chi connectivity index (χ3v) is 2.75. The lowest BCUT2D eigenvalue weighted by Gasteiger charge is -2.19. The average molecular weight is 287 g/mol. The molecular weight excluding hydrogens is 254 g/mol. The summed E-state index contributed by atoms with van der Waals surface area (Å²) in [5, 5.41) is 9.28. The zero-order chi connectivity index (χ0) is 15.3. The Kier molecular flexibility index (Phi) is 11.5. The maximum atomic E-state index is 11.4. The Morgan fingerprint density at radius 2 is 1.50 bits per heavy atom. The van der Waals surface area contributed by atoms with Crippen molar-refractivity contribution in [3.8, 4) is 0 Å². The summed E-state index contributed by atoms with van der Waals surface area (Å²) in [7, 11) is 1.97. The van der Waals surface area contributed by atoms with E-state index in [0.717, 1.165) is 32.5 Å². The van der Waals surface area contributed by atoms with Gasteiger partial charge in [0.25, 0.3) is 0 Å². The number of unbranched alkanes of at least 4 members (excludes halogenated alkanes) is 4. The number of hydrogen-bond donors (Lipinski definition) is 3. The van der Waals surface area contributed by atoms with Crippen molar-refractivity contribution in [2.24, 2.45) is 0 Å². The van der Waals surface area contributed by atoms with Crippen molar-refractivity contribution in [2.45, 2.75) is 58.5 Å². The summed E-state index contributed by atoms with van der Waals surface area (Å²) in [6.45, 7) is 9.48. The van der Waals surface area contributed by atoms with Crippen LogP contribution in [0.25, 0.3) is 0 Å². The summed E-state index contributed by atoms with van der Waals surface area (Å²) in [5.41, 5.74) is -0.412. The SMILES string of the molecule is CNCCNCCCCCCCNC(=O)OC(C)(C)C. The molecule has 0 aliphatic carbocycles. The number of alkyl carbamates (subject to hydrolysis) is 1. The molecule has 0 aromatic carbocycles. The minimum Gasteiger partial charge on any atom is -0.444 e. The van der Waals surface area contributed by atoms with Gasteiger partial charge in [-0.05, 0) is 47.2 Å². The maximum Gasteiger partial charge on any atom is 0.407 e. The summed E-state index contributed by atoms with van der Waals surface area (Å²) in [5.74, 6) is 0. The number of carbonyl (C=O) groups is 1. The minimum absolute atomic E-state index is 0.314. The van der Waals surface area contributed by atoms with Gasteiger partial charge in [-0.15, -0.1) is 0 Å². The van der Waals surface area contributed by atoms with Crippen LogP contribution in [0.4, 0.5) is 4.79 Å². The quantitative estimate of drug-likeness (QED) is 0.510. The van der Waals surface area contributed by atoms with E-state index >= 15 is 0 Å². The largest absolute Gasteiger partial charge is 0.444 e. The van der Waals surface area contributed by atoms with Crippen LogP contribution in [-0.2, 0) is 4.74 Å². The molecule has 0 aliphatic heterocycles. The highest BCUT2D eigenvalue weighted by atomic mass is 16.6. The lowest BCUT2D eigenvalue weighted by molar-refractivity contribution is 0.0527. The van der Waals surface area contributed by atoms with Gasteiger partial charge >= 0.3 is 6.09 Å². The topological polar surface area (TPSA) is 62.4 Å². The van der Waals surface area contributed by atoms with Gasteiger partial charge in [0.2, 0.25) is 0 Å². The second-order valence-corrected chi connectivity index (χ2v) is 6.05. The summed E-state index contributed by atoms with van der Waals surface area (Å²) in [6, 6.07) is 0. The Bertz CT molecular complexity index is 240. The van der Waals surface area contributed by atoms with E-state index < -0.39 is 5.60 Å². The van der Waals surface area contributed by atoms with Gasteiger partial charge in [0.1, 0.15) is 5.60 Å². The zero-order valence-corrected chi connectivity index (χ0v) is 13.7. The second kappa shape index (κ2) is 12.0. The predicted octanol–water partition coefficient (Wildman–Crippen LogP) is 2.27. The highest BCUT2D eigenvalue weighted by molar-refractivity contribution is 5.67. The van der Waals surface area contributed by atoms with Crippen LogP contribution in [0.15, 0.2) is 0 Å². The summed E-state index contributed by atoms with van der Waals surface area (Å²) in [6.07, 6.45) is 5.57. The highest BCUT2D eigenvalue weighted by Gasteiger charge is 2.15. The molecule has 0 aromatic heterocycles. The molecular formula is C15H33N3O2. The standard InChI is InChI=1S/C15H33N3O2/c1-15(2,3)20-14(19)18-11-9-7-5-6-8-10-17-13-12-16-4/h16-17H,5-13H2,1-4H3,(H,18,19). The van der Waals surface area contributed by atoms with E-state index in [1.165, 1.54) is 19.3 Å². The van der Waals surface area contributed by atoms with Crippen molar-refractivity contribution in [3.05, 3.63) is 0 Å². The van der Waals surface area contributed by atoms with Crippen LogP contribution in [0, 0.1) is 0 Å². The van der Waals surface area contributed by atoms with E-state index in [2.05, 4.69) is 16.0 Å². The number of nitrogens with one attached hydrogen (secondary N) is 3. The minimum atomic E-state index is -0.412. The first kappa shape index (κ1) is 19.2. The fourth-order valence-electron chi connectivity index (χ4n) is 1.75. The third kappa shape index (κ3) is 15.2. The summed E-state index contributed by atoms with van der Waals surface area (Å²) >= 11 is 0. The molecule has 20 heavy (non-hydrogen) atoms. The molecule has 0 saturated carbocycles. The van der Waals surface area contributed by atoms with Crippen LogP contribution in [0.2, 0.25) is 0 Å². The van der Waals surface area contributed by atoms with E-state index in [-0.39, 0.29) is 6.09 Å². The van der Waals surface area contributed by atoms with E-state index in [1.807, 2.05) is 27.8 Å². The Morgan fingerprint density at radius 3 is 2.10 bits per heavy atom. The number of amides is 1. The second-order valence-electron chi connectivity index (χ2n) is 6.05. The molecule has 0 fully saturated rings. The number of likely N-dealkylation sites (N-methyl/N-ethyl adjacent to an activating group) is 1. The molecule has 0 bridgehead atoms. The van der Waals surface area contributed by atoms with E-state index in [4.69, 9.17) is 4.74 Å². The predicted molar refractivity (Wildman–Crippen MR) is 84.1 cm³/mol. The molecule has 0 saturated heterocycles. The van der Waals surface area contributed by atoms with Crippen LogP contribution in [0.5, 0.6) is 0 Å². The molecule has 0 spiro atoms. The highest BCUT2D eigenvalue weighted by Crippen LogP contribution is 2.06. The monoisotopic (exact) mass is 287 g/mol. The average Bonchev–Trinajstić information content (AvgIpc) is 2.34. The fraction of sp³-hybridized carbons (Fsp3) is 0.933. The first-order valence-corrected chi connectivity index (χ1v) is 7.78. The number of ether oxygens (including phenoxy) is 1.